The highest BCUT2D eigenvalue weighted by molar-refractivity contribution is 6.58. The van der Waals surface area contributed by atoms with Crippen molar-refractivity contribution in [2.45, 2.75) is 45.7 Å². The maximum Gasteiger partial charge on any atom is 0.374 e. The van der Waals surface area contributed by atoms with Crippen molar-refractivity contribution in [1.82, 2.24) is 0 Å². The summed E-state index contributed by atoms with van der Waals surface area (Å²) in [6.07, 6.45) is 0. The van der Waals surface area contributed by atoms with E-state index in [9.17, 15) is 5.02 Å². The van der Waals surface area contributed by atoms with Gasteiger partial charge in [0.1, 0.15) is 0 Å². The van der Waals surface area contributed by atoms with E-state index in [0.29, 0.717) is 0 Å². The number of hydrogen-bond acceptors (Lipinski definition) is 3. The fourth-order valence-corrected chi connectivity index (χ4v) is 1.40. The van der Waals surface area contributed by atoms with Gasteiger partial charge in [-0.05, 0) is 27.7 Å². The molecular formula is C7H16BO3-. The number of hydrogen-bond donors (Lipinski definition) is 1. The molecule has 0 bridgehead atoms. The smallest absolute Gasteiger partial charge is 0.374 e. The Kier molecular flexibility index (Phi) is 1.64. The third kappa shape index (κ3) is 1.43. The van der Waals surface area contributed by atoms with Gasteiger partial charge in [0.2, 0.25) is 0 Å². The lowest BCUT2D eigenvalue weighted by Crippen LogP contribution is -2.41. The molecule has 0 aromatic carbocycles. The first-order valence-electron chi connectivity index (χ1n) is 3.97. The van der Waals surface area contributed by atoms with Crippen molar-refractivity contribution in [2.75, 3.05) is 0 Å². The van der Waals surface area contributed by atoms with Crippen molar-refractivity contribution in [3.05, 3.63) is 0 Å². The predicted molar refractivity (Wildman–Crippen MR) is 44.2 cm³/mol. The molecule has 0 atom stereocenters. The first-order valence-corrected chi connectivity index (χ1v) is 3.97. The lowest BCUT2D eigenvalue weighted by Gasteiger charge is -2.36. The molecule has 1 fully saturated rings. The second kappa shape index (κ2) is 2.00. The maximum absolute atomic E-state index is 9.48. The second-order valence-electron chi connectivity index (χ2n) is 4.29. The molecule has 1 saturated heterocycles. The standard InChI is InChI=1S/C7H16BO3/c1-6(2)7(3,4)11-8(5,9)10-6/h9H,1-5H3/q-1. The Morgan fingerprint density at radius 1 is 1.00 bits per heavy atom. The van der Waals surface area contributed by atoms with Crippen LogP contribution in [0.15, 0.2) is 0 Å². The van der Waals surface area contributed by atoms with Crippen molar-refractivity contribution < 1.29 is 14.3 Å². The van der Waals surface area contributed by atoms with Gasteiger partial charge in [-0.25, -0.2) is 0 Å². The van der Waals surface area contributed by atoms with Gasteiger partial charge >= 0.3 is 6.75 Å². The molecular weight excluding hydrogens is 143 g/mol. The van der Waals surface area contributed by atoms with Crippen molar-refractivity contribution >= 4 is 6.75 Å². The van der Waals surface area contributed by atoms with E-state index in [1.807, 2.05) is 27.7 Å². The third-order valence-electron chi connectivity index (χ3n) is 2.48. The molecule has 11 heavy (non-hydrogen) atoms. The summed E-state index contributed by atoms with van der Waals surface area (Å²) in [6.45, 7) is 7.16. The molecule has 1 aliphatic rings. The predicted octanol–water partition coefficient (Wildman–Crippen LogP) is 1.15. The summed E-state index contributed by atoms with van der Waals surface area (Å²) in [4.78, 5) is 0. The Balaban J connectivity index is 2.89. The fraction of sp³-hybridized carbons (Fsp3) is 1.00. The van der Waals surface area contributed by atoms with Crippen LogP contribution in [-0.4, -0.2) is 23.0 Å². The minimum Gasteiger partial charge on any atom is -0.560 e. The Labute approximate surface area is 67.7 Å². The molecule has 0 spiro atoms. The zero-order valence-corrected chi connectivity index (χ0v) is 7.84. The lowest BCUT2D eigenvalue weighted by molar-refractivity contribution is 0.00578. The van der Waals surface area contributed by atoms with Gasteiger partial charge in [-0.2, -0.15) is 0 Å². The molecule has 0 radical (unpaired) electrons. The van der Waals surface area contributed by atoms with Gasteiger partial charge in [0.15, 0.2) is 0 Å². The molecule has 0 saturated carbocycles. The molecule has 1 rings (SSSR count). The summed E-state index contributed by atoms with van der Waals surface area (Å²) in [6, 6.07) is 0. The summed E-state index contributed by atoms with van der Waals surface area (Å²) in [5, 5.41) is 9.48. The van der Waals surface area contributed by atoms with Crippen LogP contribution >= 0.6 is 0 Å². The van der Waals surface area contributed by atoms with Gasteiger partial charge < -0.3 is 14.3 Å². The van der Waals surface area contributed by atoms with E-state index >= 15 is 0 Å². The van der Waals surface area contributed by atoms with Gasteiger partial charge in [0.25, 0.3) is 0 Å². The molecule has 4 heteroatoms. The normalized spacial score (nSPS) is 32.2. The Hall–Kier alpha value is -0.0551. The van der Waals surface area contributed by atoms with Crippen LogP contribution in [0.5, 0.6) is 0 Å². The molecule has 1 N–H and O–H groups in total. The Morgan fingerprint density at radius 2 is 1.27 bits per heavy atom. The van der Waals surface area contributed by atoms with Gasteiger partial charge in [-0.15, -0.1) is 6.82 Å². The van der Waals surface area contributed by atoms with E-state index in [-0.39, 0.29) is 0 Å². The van der Waals surface area contributed by atoms with Gasteiger partial charge in [-0.3, -0.25) is 0 Å². The molecule has 1 heterocycles. The minimum absolute atomic E-state index is 0.420. The molecule has 0 aromatic heterocycles. The quantitative estimate of drug-likeness (QED) is 0.538. The van der Waals surface area contributed by atoms with E-state index in [2.05, 4.69) is 0 Å². The molecule has 0 aliphatic carbocycles. The van der Waals surface area contributed by atoms with Gasteiger partial charge in [0.05, 0.1) is 0 Å². The maximum atomic E-state index is 9.48. The van der Waals surface area contributed by atoms with Gasteiger partial charge in [-0.1, -0.05) is 0 Å². The largest absolute Gasteiger partial charge is 0.560 e. The number of rotatable bonds is 0. The topological polar surface area (TPSA) is 38.7 Å². The van der Waals surface area contributed by atoms with Crippen molar-refractivity contribution in [3.63, 3.8) is 0 Å². The van der Waals surface area contributed by atoms with Crippen molar-refractivity contribution in [3.8, 4) is 0 Å². The fourth-order valence-electron chi connectivity index (χ4n) is 1.40. The first kappa shape index (κ1) is 9.04. The van der Waals surface area contributed by atoms with E-state index in [0.717, 1.165) is 0 Å². The van der Waals surface area contributed by atoms with Crippen LogP contribution in [0.3, 0.4) is 0 Å². The van der Waals surface area contributed by atoms with Crippen LogP contribution in [0.2, 0.25) is 6.82 Å². The first-order chi connectivity index (χ1) is 4.66. The van der Waals surface area contributed by atoms with Crippen LogP contribution in [0, 0.1) is 0 Å². The van der Waals surface area contributed by atoms with Crippen LogP contribution in [0.4, 0.5) is 0 Å². The Morgan fingerprint density at radius 3 is 1.36 bits per heavy atom. The summed E-state index contributed by atoms with van der Waals surface area (Å²) >= 11 is 0. The zero-order valence-electron chi connectivity index (χ0n) is 7.84. The highest BCUT2D eigenvalue weighted by Crippen LogP contribution is 2.39. The highest BCUT2D eigenvalue weighted by Gasteiger charge is 2.48. The summed E-state index contributed by atoms with van der Waals surface area (Å²) < 4.78 is 10.7. The minimum atomic E-state index is -2.06. The van der Waals surface area contributed by atoms with Crippen molar-refractivity contribution in [1.29, 1.82) is 0 Å². The van der Waals surface area contributed by atoms with Crippen molar-refractivity contribution in [2.24, 2.45) is 0 Å². The van der Waals surface area contributed by atoms with Gasteiger partial charge in [0, 0.05) is 11.2 Å². The van der Waals surface area contributed by atoms with Crippen LogP contribution < -0.4 is 0 Å². The summed E-state index contributed by atoms with van der Waals surface area (Å²) in [5.41, 5.74) is -0.840. The van der Waals surface area contributed by atoms with E-state index in [4.69, 9.17) is 9.31 Å². The van der Waals surface area contributed by atoms with E-state index in [1.165, 1.54) is 0 Å². The average molecular weight is 159 g/mol. The van der Waals surface area contributed by atoms with E-state index in [1.54, 1.807) is 6.82 Å². The monoisotopic (exact) mass is 159 g/mol. The summed E-state index contributed by atoms with van der Waals surface area (Å²) in [7, 11) is 0. The molecule has 0 aromatic rings. The van der Waals surface area contributed by atoms with Crippen LogP contribution in [0.25, 0.3) is 0 Å². The molecule has 0 amide bonds. The van der Waals surface area contributed by atoms with Crippen LogP contribution in [-0.2, 0) is 9.31 Å². The SMILES string of the molecule is C[B-]1(O)OC(C)(C)C(C)(C)O1. The average Bonchev–Trinajstić information content (AvgIpc) is 1.66. The molecule has 3 nitrogen and oxygen atoms in total. The highest BCUT2D eigenvalue weighted by atomic mass is 16.8. The Bertz CT molecular complexity index is 157. The molecule has 1 aliphatic heterocycles. The molecule has 0 unspecified atom stereocenters. The van der Waals surface area contributed by atoms with E-state index < -0.39 is 18.0 Å². The lowest BCUT2D eigenvalue weighted by atomic mass is 9.84. The zero-order chi connectivity index (χ0) is 8.91. The summed E-state index contributed by atoms with van der Waals surface area (Å²) in [5.74, 6) is 0. The second-order valence-corrected chi connectivity index (χ2v) is 4.29. The molecule has 66 valence electrons. The third-order valence-corrected chi connectivity index (χ3v) is 2.48. The van der Waals surface area contributed by atoms with Crippen LogP contribution in [0.1, 0.15) is 27.7 Å².